The Kier molecular flexibility index (Phi) is 4.86. The zero-order valence-corrected chi connectivity index (χ0v) is 13.3. The van der Waals surface area contributed by atoms with Gasteiger partial charge in [0.2, 0.25) is 0 Å². The molecule has 0 aliphatic carbocycles. The van der Waals surface area contributed by atoms with Crippen molar-refractivity contribution in [2.75, 3.05) is 5.32 Å². The van der Waals surface area contributed by atoms with Crippen molar-refractivity contribution in [2.45, 2.75) is 20.0 Å². The fourth-order valence-electron chi connectivity index (χ4n) is 2.26. The van der Waals surface area contributed by atoms with Gasteiger partial charge < -0.3 is 15.1 Å². The minimum Gasteiger partial charge on any atom is -0.467 e. The van der Waals surface area contributed by atoms with Crippen LogP contribution in [-0.4, -0.2) is 15.9 Å². The van der Waals surface area contributed by atoms with Crippen LogP contribution >= 0.6 is 0 Å². The quantitative estimate of drug-likeness (QED) is 0.729. The van der Waals surface area contributed by atoms with Gasteiger partial charge in [-0.2, -0.15) is 0 Å². The van der Waals surface area contributed by atoms with Crippen molar-refractivity contribution >= 4 is 11.7 Å². The third-order valence-corrected chi connectivity index (χ3v) is 3.46. The van der Waals surface area contributed by atoms with E-state index < -0.39 is 0 Å². The van der Waals surface area contributed by atoms with Crippen LogP contribution < -0.4 is 10.6 Å². The molecule has 1 aromatic carbocycles. The van der Waals surface area contributed by atoms with Gasteiger partial charge in [-0.05, 0) is 24.6 Å². The summed E-state index contributed by atoms with van der Waals surface area (Å²) in [5.41, 5.74) is 2.53. The third-order valence-electron chi connectivity index (χ3n) is 3.46. The number of furan rings is 1. The molecule has 0 saturated carbocycles. The smallest absolute Gasteiger partial charge is 0.270 e. The number of rotatable bonds is 6. The van der Waals surface area contributed by atoms with Crippen molar-refractivity contribution in [3.05, 3.63) is 77.6 Å². The molecule has 0 saturated heterocycles. The molecule has 0 unspecified atom stereocenters. The molecule has 2 heterocycles. The van der Waals surface area contributed by atoms with Crippen molar-refractivity contribution < 1.29 is 9.21 Å². The fraction of sp³-hybridized carbons (Fsp3) is 0.167. The zero-order chi connectivity index (χ0) is 16.8. The number of hydrogen-bond donors (Lipinski definition) is 2. The molecule has 6 nitrogen and oxygen atoms in total. The summed E-state index contributed by atoms with van der Waals surface area (Å²) < 4.78 is 5.24. The van der Waals surface area contributed by atoms with E-state index in [0.29, 0.717) is 24.6 Å². The molecular weight excluding hydrogens is 304 g/mol. The van der Waals surface area contributed by atoms with Crippen LogP contribution in [0.15, 0.2) is 59.5 Å². The highest BCUT2D eigenvalue weighted by Crippen LogP contribution is 2.08. The van der Waals surface area contributed by atoms with E-state index in [4.69, 9.17) is 4.42 Å². The maximum atomic E-state index is 12.2. The van der Waals surface area contributed by atoms with E-state index in [0.717, 1.165) is 16.9 Å². The predicted octanol–water partition coefficient (Wildman–Crippen LogP) is 2.92. The Hall–Kier alpha value is -3.15. The number of anilines is 1. The molecule has 6 heteroatoms. The minimum atomic E-state index is -0.236. The first-order valence-corrected chi connectivity index (χ1v) is 7.63. The molecule has 0 radical (unpaired) electrons. The topological polar surface area (TPSA) is 80.0 Å². The molecule has 0 fully saturated rings. The van der Waals surface area contributed by atoms with Crippen LogP contribution in [0.1, 0.15) is 27.4 Å². The van der Waals surface area contributed by atoms with Gasteiger partial charge in [-0.15, -0.1) is 0 Å². The highest BCUT2D eigenvalue weighted by atomic mass is 16.3. The maximum Gasteiger partial charge on any atom is 0.270 e. The van der Waals surface area contributed by atoms with Crippen LogP contribution in [0.4, 0.5) is 5.82 Å². The van der Waals surface area contributed by atoms with E-state index in [1.807, 2.05) is 43.3 Å². The number of amides is 1. The molecule has 0 spiro atoms. The van der Waals surface area contributed by atoms with E-state index in [9.17, 15) is 4.79 Å². The second-order valence-electron chi connectivity index (χ2n) is 5.39. The van der Waals surface area contributed by atoms with Gasteiger partial charge in [-0.25, -0.2) is 9.97 Å². The molecule has 24 heavy (non-hydrogen) atoms. The summed E-state index contributed by atoms with van der Waals surface area (Å²) in [7, 11) is 0. The Morgan fingerprint density at radius 2 is 2.04 bits per heavy atom. The summed E-state index contributed by atoms with van der Waals surface area (Å²) in [4.78, 5) is 20.4. The van der Waals surface area contributed by atoms with Gasteiger partial charge in [0.05, 0.1) is 12.8 Å². The van der Waals surface area contributed by atoms with Crippen molar-refractivity contribution in [1.82, 2.24) is 15.3 Å². The minimum absolute atomic E-state index is 0.236. The Morgan fingerprint density at radius 3 is 2.83 bits per heavy atom. The first-order valence-electron chi connectivity index (χ1n) is 7.63. The molecule has 0 atom stereocenters. The Morgan fingerprint density at radius 1 is 1.12 bits per heavy atom. The Bertz CT molecular complexity index is 815. The molecule has 122 valence electrons. The Labute approximate surface area is 140 Å². The van der Waals surface area contributed by atoms with E-state index in [1.165, 1.54) is 6.33 Å². The lowest BCUT2D eigenvalue weighted by Crippen LogP contribution is -2.24. The van der Waals surface area contributed by atoms with E-state index in [-0.39, 0.29) is 5.91 Å². The third kappa shape index (κ3) is 4.19. The average Bonchev–Trinajstić information content (AvgIpc) is 3.12. The van der Waals surface area contributed by atoms with Crippen LogP contribution in [0.5, 0.6) is 0 Å². The summed E-state index contributed by atoms with van der Waals surface area (Å²) in [6.07, 6.45) is 2.98. The fourth-order valence-corrected chi connectivity index (χ4v) is 2.26. The predicted molar refractivity (Wildman–Crippen MR) is 90.4 cm³/mol. The lowest BCUT2D eigenvalue weighted by molar-refractivity contribution is 0.0946. The number of aromatic nitrogens is 2. The number of carbonyl (C=O) groups is 1. The van der Waals surface area contributed by atoms with E-state index in [1.54, 1.807) is 12.3 Å². The van der Waals surface area contributed by atoms with Crippen LogP contribution in [-0.2, 0) is 13.1 Å². The van der Waals surface area contributed by atoms with Gasteiger partial charge in [-0.3, -0.25) is 4.79 Å². The van der Waals surface area contributed by atoms with Crippen LogP contribution in [0.25, 0.3) is 0 Å². The monoisotopic (exact) mass is 322 g/mol. The summed E-state index contributed by atoms with van der Waals surface area (Å²) in [6.45, 7) is 2.97. The lowest BCUT2D eigenvalue weighted by atomic mass is 10.1. The molecule has 3 aromatic rings. The molecule has 0 aliphatic rings. The van der Waals surface area contributed by atoms with Crippen molar-refractivity contribution in [2.24, 2.45) is 0 Å². The first kappa shape index (κ1) is 15.7. The summed E-state index contributed by atoms with van der Waals surface area (Å²) in [5, 5.41) is 5.96. The van der Waals surface area contributed by atoms with Crippen molar-refractivity contribution in [1.29, 1.82) is 0 Å². The van der Waals surface area contributed by atoms with Crippen LogP contribution in [0.2, 0.25) is 0 Å². The van der Waals surface area contributed by atoms with Gasteiger partial charge in [0, 0.05) is 12.6 Å². The maximum absolute atomic E-state index is 12.2. The number of aryl methyl sites for hydroxylation is 1. The zero-order valence-electron chi connectivity index (χ0n) is 13.3. The summed E-state index contributed by atoms with van der Waals surface area (Å²) in [6, 6.07) is 13.3. The molecule has 0 bridgehead atoms. The average molecular weight is 322 g/mol. The summed E-state index contributed by atoms with van der Waals surface area (Å²) in [5.74, 6) is 1.13. The van der Waals surface area contributed by atoms with Gasteiger partial charge in [-0.1, -0.05) is 29.8 Å². The van der Waals surface area contributed by atoms with Gasteiger partial charge >= 0.3 is 0 Å². The summed E-state index contributed by atoms with van der Waals surface area (Å²) >= 11 is 0. The van der Waals surface area contributed by atoms with Crippen LogP contribution in [0.3, 0.4) is 0 Å². The molecular formula is C18H18N4O2. The first-order chi connectivity index (χ1) is 11.7. The number of nitrogens with one attached hydrogen (secondary N) is 2. The second kappa shape index (κ2) is 7.41. The lowest BCUT2D eigenvalue weighted by Gasteiger charge is -2.07. The van der Waals surface area contributed by atoms with Crippen LogP contribution in [0, 0.1) is 6.92 Å². The van der Waals surface area contributed by atoms with E-state index >= 15 is 0 Å². The molecule has 3 rings (SSSR count). The number of benzene rings is 1. The number of nitrogens with zero attached hydrogens (tertiary/aromatic N) is 2. The standard InChI is InChI=1S/C18H18N4O2/c1-13-4-2-5-14(8-13)10-20-18(23)16-9-17(22-12-21-16)19-11-15-6-3-7-24-15/h2-9,12H,10-11H2,1H3,(H,20,23)(H,19,21,22). The SMILES string of the molecule is Cc1cccc(CNC(=O)c2cc(NCc3ccco3)ncn2)c1. The highest BCUT2D eigenvalue weighted by Gasteiger charge is 2.09. The molecule has 1 amide bonds. The second-order valence-corrected chi connectivity index (χ2v) is 5.39. The highest BCUT2D eigenvalue weighted by molar-refractivity contribution is 5.92. The van der Waals surface area contributed by atoms with Crippen molar-refractivity contribution in [3.8, 4) is 0 Å². The number of carbonyl (C=O) groups excluding carboxylic acids is 1. The van der Waals surface area contributed by atoms with Gasteiger partial charge in [0.15, 0.2) is 0 Å². The molecule has 2 aromatic heterocycles. The largest absolute Gasteiger partial charge is 0.467 e. The molecule has 0 aliphatic heterocycles. The van der Waals surface area contributed by atoms with Gasteiger partial charge in [0.1, 0.15) is 23.6 Å². The normalized spacial score (nSPS) is 10.4. The van der Waals surface area contributed by atoms with E-state index in [2.05, 4.69) is 20.6 Å². The Balaban J connectivity index is 1.59. The number of hydrogen-bond acceptors (Lipinski definition) is 5. The molecule has 2 N–H and O–H groups in total. The van der Waals surface area contributed by atoms with Gasteiger partial charge in [0.25, 0.3) is 5.91 Å². The van der Waals surface area contributed by atoms with Crippen molar-refractivity contribution in [3.63, 3.8) is 0 Å².